The normalized spacial score (nSPS) is 26.5. The Bertz CT molecular complexity index is 1160. The van der Waals surface area contributed by atoms with Crippen LogP contribution in [0.1, 0.15) is 64.1 Å². The van der Waals surface area contributed by atoms with Crippen LogP contribution in [0, 0.1) is 23.0 Å². The van der Waals surface area contributed by atoms with E-state index in [2.05, 4.69) is 18.7 Å². The second-order valence-electron chi connectivity index (χ2n) is 11.6. The summed E-state index contributed by atoms with van der Waals surface area (Å²) in [5.41, 5.74) is 2.11. The molecule has 2 aromatic carbocycles. The number of hydrogen-bond acceptors (Lipinski definition) is 3. The van der Waals surface area contributed by atoms with E-state index in [-0.39, 0.29) is 23.3 Å². The van der Waals surface area contributed by atoms with Crippen LogP contribution in [0.25, 0.3) is 11.1 Å². The van der Waals surface area contributed by atoms with Gasteiger partial charge in [-0.1, -0.05) is 19.9 Å². The first-order valence-corrected chi connectivity index (χ1v) is 13.1. The number of hydrogen-bond donors (Lipinski definition) is 1. The Morgan fingerprint density at radius 3 is 2.44 bits per heavy atom. The molecule has 5 nitrogen and oxygen atoms in total. The maximum absolute atomic E-state index is 15.7. The third-order valence-corrected chi connectivity index (χ3v) is 8.39. The van der Waals surface area contributed by atoms with Crippen LogP contribution in [0.4, 0.5) is 13.6 Å². The van der Waals surface area contributed by atoms with Crippen LogP contribution in [0.3, 0.4) is 0 Å². The molecule has 194 valence electrons. The summed E-state index contributed by atoms with van der Waals surface area (Å²) in [4.78, 5) is 16.7. The quantitative estimate of drug-likeness (QED) is 0.511. The lowest BCUT2D eigenvalue weighted by Gasteiger charge is -2.54. The fourth-order valence-electron chi connectivity index (χ4n) is 6.58. The molecule has 3 heterocycles. The molecule has 4 aliphatic rings. The fraction of sp³-hybridized carbons (Fsp3) is 0.552. The lowest BCUT2D eigenvalue weighted by molar-refractivity contribution is -0.0353. The second-order valence-corrected chi connectivity index (χ2v) is 11.6. The maximum atomic E-state index is 15.7. The molecule has 3 aliphatic heterocycles. The molecule has 1 amide bonds. The third-order valence-electron chi connectivity index (χ3n) is 8.39. The van der Waals surface area contributed by atoms with Crippen molar-refractivity contribution in [2.24, 2.45) is 11.3 Å². The minimum absolute atomic E-state index is 0.0921. The number of carbonyl (C=O) groups is 1. The number of amides is 1. The van der Waals surface area contributed by atoms with Gasteiger partial charge in [-0.05, 0) is 105 Å². The summed E-state index contributed by atoms with van der Waals surface area (Å²) in [6.07, 6.45) is 2.41. The van der Waals surface area contributed by atoms with E-state index in [0.29, 0.717) is 17.0 Å². The van der Waals surface area contributed by atoms with Crippen LogP contribution in [0.5, 0.6) is 5.75 Å². The van der Waals surface area contributed by atoms with Crippen molar-refractivity contribution < 1.29 is 23.4 Å². The van der Waals surface area contributed by atoms with Crippen molar-refractivity contribution in [1.29, 1.82) is 0 Å². The molecular formula is C29H36F2N2O3. The standard InChI is InChI=1S/C29H36F2N2O3/c1-17(2)36-26-6-5-19(14-24(26)31)21-13-20-7-10-29(3,4)27(22(20)15-23(21)30)33(28(34)35)25-16-32-11-8-18(25)9-12-32/h5-6,13-15,17-18,25,27H,7-12,16H2,1-4H3,(H,34,35)/t25-,27+/m1/s1. The Labute approximate surface area is 212 Å². The predicted molar refractivity (Wildman–Crippen MR) is 135 cm³/mol. The average molecular weight is 499 g/mol. The molecule has 7 heteroatoms. The number of carboxylic acid groups (broad SMARTS) is 1. The topological polar surface area (TPSA) is 53.0 Å². The van der Waals surface area contributed by atoms with Gasteiger partial charge in [0.25, 0.3) is 0 Å². The highest BCUT2D eigenvalue weighted by Gasteiger charge is 2.48. The Morgan fingerprint density at radius 2 is 1.86 bits per heavy atom. The van der Waals surface area contributed by atoms with Gasteiger partial charge < -0.3 is 14.7 Å². The Balaban J connectivity index is 1.54. The van der Waals surface area contributed by atoms with E-state index in [1.165, 1.54) is 18.2 Å². The van der Waals surface area contributed by atoms with Gasteiger partial charge in [-0.3, -0.25) is 4.90 Å². The zero-order valence-corrected chi connectivity index (χ0v) is 21.6. The largest absolute Gasteiger partial charge is 0.488 e. The van der Waals surface area contributed by atoms with Crippen LogP contribution >= 0.6 is 0 Å². The number of aryl methyl sites for hydroxylation is 1. The summed E-state index contributed by atoms with van der Waals surface area (Å²) in [6, 6.07) is 7.29. The molecule has 6 rings (SSSR count). The number of ether oxygens (including phenoxy) is 1. The Morgan fingerprint density at radius 1 is 1.14 bits per heavy atom. The highest BCUT2D eigenvalue weighted by atomic mass is 19.1. The summed E-state index contributed by atoms with van der Waals surface area (Å²) in [6.45, 7) is 10.6. The molecule has 3 fully saturated rings. The Hall–Kier alpha value is -2.67. The van der Waals surface area contributed by atoms with E-state index in [1.54, 1.807) is 17.0 Å². The molecular weight excluding hydrogens is 462 g/mol. The maximum Gasteiger partial charge on any atom is 0.408 e. The smallest absolute Gasteiger partial charge is 0.408 e. The first-order chi connectivity index (χ1) is 17.0. The van der Waals surface area contributed by atoms with Crippen molar-refractivity contribution in [3.05, 3.63) is 53.1 Å². The fourth-order valence-corrected chi connectivity index (χ4v) is 6.58. The minimum atomic E-state index is -0.938. The van der Waals surface area contributed by atoms with Gasteiger partial charge in [-0.15, -0.1) is 0 Å². The van der Waals surface area contributed by atoms with Crippen LogP contribution in [0.15, 0.2) is 30.3 Å². The van der Waals surface area contributed by atoms with Crippen molar-refractivity contribution in [3.63, 3.8) is 0 Å². The van der Waals surface area contributed by atoms with Crippen LogP contribution in [-0.2, 0) is 6.42 Å². The highest BCUT2D eigenvalue weighted by Crippen LogP contribution is 2.50. The molecule has 36 heavy (non-hydrogen) atoms. The van der Waals surface area contributed by atoms with Crippen LogP contribution < -0.4 is 4.74 Å². The van der Waals surface area contributed by atoms with Crippen molar-refractivity contribution in [1.82, 2.24) is 9.80 Å². The van der Waals surface area contributed by atoms with E-state index in [9.17, 15) is 14.3 Å². The van der Waals surface area contributed by atoms with Crippen LogP contribution in [-0.4, -0.2) is 52.8 Å². The minimum Gasteiger partial charge on any atom is -0.488 e. The molecule has 3 saturated heterocycles. The summed E-state index contributed by atoms with van der Waals surface area (Å²) in [7, 11) is 0. The van der Waals surface area contributed by atoms with Crippen molar-refractivity contribution in [3.8, 4) is 16.9 Å². The van der Waals surface area contributed by atoms with Crippen molar-refractivity contribution in [2.75, 3.05) is 19.6 Å². The van der Waals surface area contributed by atoms with E-state index in [1.807, 2.05) is 13.8 Å². The number of fused-ring (bicyclic) bond motifs is 4. The van der Waals surface area contributed by atoms with E-state index in [4.69, 9.17) is 4.74 Å². The number of benzene rings is 2. The van der Waals surface area contributed by atoms with Gasteiger partial charge in [-0.25, -0.2) is 13.6 Å². The van der Waals surface area contributed by atoms with Gasteiger partial charge in [0, 0.05) is 12.1 Å². The lowest BCUT2D eigenvalue weighted by atomic mass is 9.68. The molecule has 0 aromatic heterocycles. The SMILES string of the molecule is CC(C)Oc1ccc(-c2cc3c(cc2F)[C@H](N(C(=O)O)[C@@H]2CN4CCC2CC4)C(C)(C)CC3)cc1F. The van der Waals surface area contributed by atoms with E-state index < -0.39 is 23.8 Å². The summed E-state index contributed by atoms with van der Waals surface area (Å²) < 4.78 is 35.8. The van der Waals surface area contributed by atoms with Gasteiger partial charge in [0.15, 0.2) is 11.6 Å². The first-order valence-electron chi connectivity index (χ1n) is 13.1. The van der Waals surface area contributed by atoms with Crippen molar-refractivity contribution in [2.45, 2.75) is 71.6 Å². The monoisotopic (exact) mass is 498 g/mol. The van der Waals surface area contributed by atoms with E-state index in [0.717, 1.165) is 56.4 Å². The third kappa shape index (κ3) is 4.47. The van der Waals surface area contributed by atoms with Gasteiger partial charge in [-0.2, -0.15) is 0 Å². The van der Waals surface area contributed by atoms with Gasteiger partial charge in [0.05, 0.1) is 18.2 Å². The zero-order valence-electron chi connectivity index (χ0n) is 21.6. The molecule has 2 atom stereocenters. The van der Waals surface area contributed by atoms with Gasteiger partial charge in [0.2, 0.25) is 0 Å². The summed E-state index contributed by atoms with van der Waals surface area (Å²) >= 11 is 0. The number of rotatable bonds is 5. The second kappa shape index (κ2) is 9.33. The Kier molecular flexibility index (Phi) is 6.48. The zero-order chi connectivity index (χ0) is 25.8. The molecule has 0 radical (unpaired) electrons. The summed E-state index contributed by atoms with van der Waals surface area (Å²) in [5.74, 6) is -0.515. The number of piperidine rings is 3. The predicted octanol–water partition coefficient (Wildman–Crippen LogP) is 6.51. The average Bonchev–Trinajstić information content (AvgIpc) is 2.82. The van der Waals surface area contributed by atoms with Crippen molar-refractivity contribution >= 4 is 6.09 Å². The lowest BCUT2D eigenvalue weighted by Crippen LogP contribution is -2.61. The molecule has 1 N–H and O–H groups in total. The number of halogens is 2. The molecule has 0 saturated carbocycles. The summed E-state index contributed by atoms with van der Waals surface area (Å²) in [5, 5.41) is 10.4. The molecule has 1 aliphatic carbocycles. The number of nitrogens with zero attached hydrogens (tertiary/aromatic N) is 2. The van der Waals surface area contributed by atoms with Gasteiger partial charge >= 0.3 is 6.09 Å². The molecule has 0 spiro atoms. The molecule has 2 bridgehead atoms. The molecule has 2 aromatic rings. The molecule has 0 unspecified atom stereocenters. The van der Waals surface area contributed by atoms with E-state index >= 15 is 4.39 Å². The van der Waals surface area contributed by atoms with Crippen LogP contribution in [0.2, 0.25) is 0 Å². The highest BCUT2D eigenvalue weighted by molar-refractivity contribution is 5.69. The van der Waals surface area contributed by atoms with Gasteiger partial charge in [0.1, 0.15) is 5.82 Å². The first kappa shape index (κ1) is 25.0.